The lowest BCUT2D eigenvalue weighted by Gasteiger charge is -2.12. The second-order valence-corrected chi connectivity index (χ2v) is 9.96. The second-order valence-electron chi connectivity index (χ2n) is 6.72. The van der Waals surface area contributed by atoms with Crippen molar-refractivity contribution >= 4 is 78.8 Å². The van der Waals surface area contributed by atoms with Crippen LogP contribution in [-0.4, -0.2) is 5.91 Å². The third kappa shape index (κ3) is 6.79. The second kappa shape index (κ2) is 11.1. The van der Waals surface area contributed by atoms with E-state index in [1.54, 1.807) is 6.08 Å². The number of nitrogens with one attached hydrogen (secondary N) is 1. The number of rotatable bonds is 6. The Labute approximate surface area is 217 Å². The fraction of sp³-hybridized carbons (Fsp3) is 0.0833. The Kier molecular flexibility index (Phi) is 8.51. The van der Waals surface area contributed by atoms with E-state index < -0.39 is 5.91 Å². The lowest BCUT2D eigenvalue weighted by atomic mass is 10.1. The molecule has 4 nitrogen and oxygen atoms in total. The van der Waals surface area contributed by atoms with Gasteiger partial charge < -0.3 is 10.1 Å². The van der Waals surface area contributed by atoms with Gasteiger partial charge in [0.25, 0.3) is 5.91 Å². The van der Waals surface area contributed by atoms with Crippen molar-refractivity contribution in [2.75, 3.05) is 5.32 Å². The molecule has 0 radical (unpaired) electrons. The Morgan fingerprint density at radius 1 is 1.10 bits per heavy atom. The van der Waals surface area contributed by atoms with Crippen molar-refractivity contribution in [1.29, 1.82) is 5.26 Å². The number of nitrogens with zero attached hydrogens (tertiary/aromatic N) is 1. The van der Waals surface area contributed by atoms with Gasteiger partial charge in [-0.05, 0) is 106 Å². The molecule has 0 fully saturated rings. The summed E-state index contributed by atoms with van der Waals surface area (Å²) in [4.78, 5) is 12.5. The number of halogens is 3. The van der Waals surface area contributed by atoms with Crippen molar-refractivity contribution in [2.45, 2.75) is 13.5 Å². The Morgan fingerprint density at radius 2 is 1.71 bits per heavy atom. The number of amides is 1. The zero-order valence-electron chi connectivity index (χ0n) is 16.5. The minimum Gasteiger partial charge on any atom is -0.487 e. The van der Waals surface area contributed by atoms with E-state index in [0.717, 1.165) is 34.1 Å². The van der Waals surface area contributed by atoms with E-state index in [-0.39, 0.29) is 5.57 Å². The summed E-state index contributed by atoms with van der Waals surface area (Å²) in [6.07, 6.45) is 1.59. The van der Waals surface area contributed by atoms with Gasteiger partial charge in [-0.25, -0.2) is 0 Å². The summed E-state index contributed by atoms with van der Waals surface area (Å²) in [5.74, 6) is 0.343. The SMILES string of the molecule is Cc1ccc(NC(=O)/C(C#N)=C/c2cc(I)c(OCc3ccc(Br)cc3)c(I)c2)cc1. The molecular formula is C24H17BrI2N2O2. The Bertz CT molecular complexity index is 1140. The molecule has 0 aromatic heterocycles. The topological polar surface area (TPSA) is 62.1 Å². The van der Waals surface area contributed by atoms with E-state index in [2.05, 4.69) is 66.4 Å². The predicted octanol–water partition coefficient (Wildman–Crippen LogP) is 7.09. The first-order valence-electron chi connectivity index (χ1n) is 9.22. The van der Waals surface area contributed by atoms with E-state index in [1.165, 1.54) is 0 Å². The molecule has 0 atom stereocenters. The summed E-state index contributed by atoms with van der Waals surface area (Å²) in [7, 11) is 0. The minimum atomic E-state index is -0.438. The number of ether oxygens (including phenoxy) is 1. The molecule has 1 amide bonds. The molecule has 3 rings (SSSR count). The molecular weight excluding hydrogens is 682 g/mol. The third-order valence-corrected chi connectivity index (χ3v) is 6.43. The first-order chi connectivity index (χ1) is 14.9. The Morgan fingerprint density at radius 3 is 2.29 bits per heavy atom. The first kappa shape index (κ1) is 23.8. The van der Waals surface area contributed by atoms with E-state index in [0.29, 0.717) is 12.3 Å². The van der Waals surface area contributed by atoms with Gasteiger partial charge in [-0.15, -0.1) is 0 Å². The smallest absolute Gasteiger partial charge is 0.266 e. The van der Waals surface area contributed by atoms with E-state index in [1.807, 2.05) is 73.7 Å². The normalized spacial score (nSPS) is 11.0. The fourth-order valence-corrected chi connectivity index (χ4v) is 5.08. The van der Waals surface area contributed by atoms with Crippen LogP contribution in [0.4, 0.5) is 5.69 Å². The van der Waals surface area contributed by atoms with Crippen LogP contribution < -0.4 is 10.1 Å². The van der Waals surface area contributed by atoms with Gasteiger partial charge in [0.2, 0.25) is 0 Å². The third-order valence-electron chi connectivity index (χ3n) is 4.30. The summed E-state index contributed by atoms with van der Waals surface area (Å²) < 4.78 is 8.86. The molecule has 7 heteroatoms. The zero-order valence-corrected chi connectivity index (χ0v) is 22.4. The predicted molar refractivity (Wildman–Crippen MR) is 144 cm³/mol. The van der Waals surface area contributed by atoms with Gasteiger partial charge >= 0.3 is 0 Å². The molecule has 0 bridgehead atoms. The molecule has 1 N–H and O–H groups in total. The average molecular weight is 699 g/mol. The number of aryl methyl sites for hydroxylation is 1. The highest BCUT2D eigenvalue weighted by atomic mass is 127. The summed E-state index contributed by atoms with van der Waals surface area (Å²) in [6, 6.07) is 21.2. The maximum atomic E-state index is 12.5. The number of hydrogen-bond acceptors (Lipinski definition) is 3. The van der Waals surface area contributed by atoms with Crippen LogP contribution in [-0.2, 0) is 11.4 Å². The molecule has 0 saturated heterocycles. The van der Waals surface area contributed by atoms with Crippen LogP contribution >= 0.6 is 61.1 Å². The molecule has 0 spiro atoms. The molecule has 0 aliphatic rings. The number of carbonyl (C=O) groups excluding carboxylic acids is 1. The lowest BCUT2D eigenvalue weighted by Crippen LogP contribution is -2.13. The van der Waals surface area contributed by atoms with Crippen LogP contribution in [0.1, 0.15) is 16.7 Å². The van der Waals surface area contributed by atoms with Gasteiger partial charge in [0.15, 0.2) is 0 Å². The number of anilines is 1. The number of benzene rings is 3. The number of carbonyl (C=O) groups is 1. The van der Waals surface area contributed by atoms with Gasteiger partial charge in [0.05, 0.1) is 7.14 Å². The van der Waals surface area contributed by atoms with Crippen molar-refractivity contribution in [3.05, 3.63) is 94.5 Å². The van der Waals surface area contributed by atoms with Crippen molar-refractivity contribution < 1.29 is 9.53 Å². The largest absolute Gasteiger partial charge is 0.487 e. The number of hydrogen-bond donors (Lipinski definition) is 1. The quantitative estimate of drug-likeness (QED) is 0.170. The van der Waals surface area contributed by atoms with E-state index in [4.69, 9.17) is 4.74 Å². The molecule has 31 heavy (non-hydrogen) atoms. The molecule has 156 valence electrons. The van der Waals surface area contributed by atoms with Crippen molar-refractivity contribution in [2.24, 2.45) is 0 Å². The molecule has 0 saturated carbocycles. The van der Waals surface area contributed by atoms with Gasteiger partial charge in [0.1, 0.15) is 24.0 Å². The standard InChI is InChI=1S/C24H17BrI2N2O2/c1-15-2-8-20(9-3-15)29-24(30)18(13-28)10-17-11-21(26)23(22(27)12-17)31-14-16-4-6-19(25)7-5-16/h2-12H,14H2,1H3,(H,29,30)/b18-10+. The van der Waals surface area contributed by atoms with Gasteiger partial charge in [-0.1, -0.05) is 45.8 Å². The summed E-state index contributed by atoms with van der Waals surface area (Å²) in [6.45, 7) is 2.43. The van der Waals surface area contributed by atoms with Gasteiger partial charge in [0, 0.05) is 10.2 Å². The molecule has 3 aromatic rings. The highest BCUT2D eigenvalue weighted by Gasteiger charge is 2.13. The van der Waals surface area contributed by atoms with Crippen LogP contribution in [0.2, 0.25) is 0 Å². The monoisotopic (exact) mass is 698 g/mol. The summed E-state index contributed by atoms with van der Waals surface area (Å²) in [5.41, 5.74) is 3.62. The fourth-order valence-electron chi connectivity index (χ4n) is 2.69. The van der Waals surface area contributed by atoms with Crippen LogP contribution in [0.15, 0.2) is 70.7 Å². The summed E-state index contributed by atoms with van der Waals surface area (Å²) >= 11 is 7.84. The minimum absolute atomic E-state index is 0.0377. The highest BCUT2D eigenvalue weighted by molar-refractivity contribution is 14.1. The van der Waals surface area contributed by atoms with E-state index in [9.17, 15) is 10.1 Å². The van der Waals surface area contributed by atoms with Crippen LogP contribution in [0.25, 0.3) is 6.08 Å². The van der Waals surface area contributed by atoms with Crippen LogP contribution in [0.3, 0.4) is 0 Å². The first-order valence-corrected chi connectivity index (χ1v) is 12.2. The summed E-state index contributed by atoms with van der Waals surface area (Å²) in [5, 5.41) is 12.3. The molecule has 0 heterocycles. The van der Waals surface area contributed by atoms with Crippen LogP contribution in [0.5, 0.6) is 5.75 Å². The van der Waals surface area contributed by atoms with Crippen molar-refractivity contribution in [3.63, 3.8) is 0 Å². The maximum absolute atomic E-state index is 12.5. The molecule has 0 unspecified atom stereocenters. The average Bonchev–Trinajstić information content (AvgIpc) is 2.74. The number of nitriles is 1. The van der Waals surface area contributed by atoms with E-state index >= 15 is 0 Å². The van der Waals surface area contributed by atoms with Crippen molar-refractivity contribution in [1.82, 2.24) is 0 Å². The Balaban J connectivity index is 1.76. The van der Waals surface area contributed by atoms with Crippen LogP contribution in [0, 0.1) is 25.4 Å². The van der Waals surface area contributed by atoms with Crippen molar-refractivity contribution in [3.8, 4) is 11.8 Å². The maximum Gasteiger partial charge on any atom is 0.266 e. The molecule has 0 aliphatic carbocycles. The lowest BCUT2D eigenvalue weighted by molar-refractivity contribution is -0.112. The van der Waals surface area contributed by atoms with Gasteiger partial charge in [-0.2, -0.15) is 5.26 Å². The zero-order chi connectivity index (χ0) is 22.4. The van der Waals surface area contributed by atoms with Gasteiger partial charge in [-0.3, -0.25) is 4.79 Å². The highest BCUT2D eigenvalue weighted by Crippen LogP contribution is 2.30. The molecule has 0 aliphatic heterocycles. The molecule has 3 aromatic carbocycles. The Hall–Kier alpha value is -1.90.